The fourth-order valence-electron chi connectivity index (χ4n) is 2.22. The summed E-state index contributed by atoms with van der Waals surface area (Å²) in [5.41, 5.74) is -0.456. The van der Waals surface area contributed by atoms with Gasteiger partial charge in [0.05, 0.1) is 0 Å². The largest absolute Gasteiger partial charge is 0.439 e. The lowest BCUT2D eigenvalue weighted by Gasteiger charge is -2.09. The lowest BCUT2D eigenvalue weighted by molar-refractivity contribution is -0.121. The summed E-state index contributed by atoms with van der Waals surface area (Å²) in [4.78, 5) is 40.7. The number of H-pyrrole nitrogens is 1. The second-order valence-corrected chi connectivity index (χ2v) is 5.57. The van der Waals surface area contributed by atoms with Gasteiger partial charge in [0.2, 0.25) is 11.8 Å². The number of halogens is 1. The number of nitrogens with one attached hydrogen (secondary N) is 2. The number of nitrogens with zero attached hydrogens (tertiary/aromatic N) is 2. The van der Waals surface area contributed by atoms with E-state index in [1.807, 2.05) is 0 Å². The van der Waals surface area contributed by atoms with Gasteiger partial charge in [0, 0.05) is 31.1 Å². The van der Waals surface area contributed by atoms with Gasteiger partial charge in [-0.1, -0.05) is 0 Å². The van der Waals surface area contributed by atoms with Crippen LogP contribution in [0.3, 0.4) is 0 Å². The molecule has 0 atom stereocenters. The molecule has 9 heteroatoms. The van der Waals surface area contributed by atoms with Crippen LogP contribution in [0.15, 0.2) is 64.4 Å². The molecule has 27 heavy (non-hydrogen) atoms. The zero-order valence-electron chi connectivity index (χ0n) is 14.0. The maximum Gasteiger partial charge on any atom is 0.328 e. The molecule has 3 aromatic rings. The first kappa shape index (κ1) is 18.1. The summed E-state index contributed by atoms with van der Waals surface area (Å²) in [5, 5.41) is 2.66. The first-order valence-corrected chi connectivity index (χ1v) is 7.94. The highest BCUT2D eigenvalue weighted by atomic mass is 19.1. The zero-order chi connectivity index (χ0) is 19.2. The second-order valence-electron chi connectivity index (χ2n) is 5.57. The third-order valence-electron chi connectivity index (χ3n) is 3.54. The third kappa shape index (κ3) is 5.11. The van der Waals surface area contributed by atoms with Gasteiger partial charge >= 0.3 is 5.69 Å². The minimum Gasteiger partial charge on any atom is -0.439 e. The number of rotatable bonds is 6. The number of amides is 1. The predicted molar refractivity (Wildman–Crippen MR) is 93.9 cm³/mol. The molecule has 2 heterocycles. The van der Waals surface area contributed by atoms with E-state index in [1.165, 1.54) is 36.7 Å². The Labute approximate surface area is 152 Å². The average Bonchev–Trinajstić information content (AvgIpc) is 2.65. The van der Waals surface area contributed by atoms with E-state index in [0.717, 1.165) is 16.2 Å². The molecule has 1 aromatic carbocycles. The summed E-state index contributed by atoms with van der Waals surface area (Å²) in [6.45, 7) is -0.0289. The van der Waals surface area contributed by atoms with Crippen LogP contribution in [0.4, 0.5) is 4.39 Å². The molecule has 2 aromatic heterocycles. The Morgan fingerprint density at radius 2 is 1.96 bits per heavy atom. The van der Waals surface area contributed by atoms with Crippen LogP contribution in [-0.2, 0) is 17.9 Å². The van der Waals surface area contributed by atoms with Gasteiger partial charge in [0.1, 0.15) is 18.1 Å². The molecule has 0 bridgehead atoms. The van der Waals surface area contributed by atoms with E-state index < -0.39 is 17.2 Å². The van der Waals surface area contributed by atoms with Crippen LogP contribution >= 0.6 is 0 Å². The van der Waals surface area contributed by atoms with Gasteiger partial charge in [-0.15, -0.1) is 0 Å². The predicted octanol–water partition coefficient (Wildman–Crippen LogP) is 1.18. The first-order chi connectivity index (χ1) is 13.0. The molecule has 0 aliphatic heterocycles. The van der Waals surface area contributed by atoms with Gasteiger partial charge in [0.25, 0.3) is 5.56 Å². The number of aromatic nitrogens is 3. The van der Waals surface area contributed by atoms with Crippen LogP contribution < -0.4 is 21.3 Å². The number of hydrogen-bond acceptors (Lipinski definition) is 5. The molecule has 0 fully saturated rings. The van der Waals surface area contributed by atoms with Crippen LogP contribution in [0.1, 0.15) is 5.56 Å². The molecule has 0 radical (unpaired) electrons. The number of aromatic amines is 1. The van der Waals surface area contributed by atoms with E-state index in [4.69, 9.17) is 4.74 Å². The highest BCUT2D eigenvalue weighted by Gasteiger charge is 2.06. The Kier molecular flexibility index (Phi) is 5.41. The quantitative estimate of drug-likeness (QED) is 0.678. The molecule has 0 saturated heterocycles. The highest BCUT2D eigenvalue weighted by Crippen LogP contribution is 2.20. The van der Waals surface area contributed by atoms with Crippen molar-refractivity contribution in [3.8, 4) is 11.6 Å². The molecule has 0 spiro atoms. The SMILES string of the molecule is O=C(Cn1ccc(=O)[nH]c1=O)NCc1ccnc(Oc2ccc(F)cc2)c1. The molecule has 0 unspecified atom stereocenters. The van der Waals surface area contributed by atoms with Gasteiger partial charge in [-0.05, 0) is 35.9 Å². The minimum atomic E-state index is -0.656. The van der Waals surface area contributed by atoms with Crippen molar-refractivity contribution in [1.29, 1.82) is 0 Å². The summed E-state index contributed by atoms with van der Waals surface area (Å²) in [6.07, 6.45) is 2.77. The van der Waals surface area contributed by atoms with Crippen LogP contribution in [0.2, 0.25) is 0 Å². The molecule has 138 valence electrons. The summed E-state index contributed by atoms with van der Waals surface area (Å²) in [5.74, 6) is -0.0388. The summed E-state index contributed by atoms with van der Waals surface area (Å²) < 4.78 is 19.5. The third-order valence-corrected chi connectivity index (χ3v) is 3.54. The van der Waals surface area contributed by atoms with Crippen LogP contribution in [0.5, 0.6) is 11.6 Å². The maximum absolute atomic E-state index is 12.9. The van der Waals surface area contributed by atoms with Crippen LogP contribution in [0.25, 0.3) is 0 Å². The van der Waals surface area contributed by atoms with Gasteiger partial charge in [-0.2, -0.15) is 0 Å². The highest BCUT2D eigenvalue weighted by molar-refractivity contribution is 5.75. The molecule has 8 nitrogen and oxygen atoms in total. The zero-order valence-corrected chi connectivity index (χ0v) is 14.0. The Balaban J connectivity index is 1.59. The first-order valence-electron chi connectivity index (χ1n) is 7.94. The van der Waals surface area contributed by atoms with E-state index in [9.17, 15) is 18.8 Å². The Hall–Kier alpha value is -3.75. The summed E-state index contributed by atoms with van der Waals surface area (Å²) in [6, 6.07) is 10.0. The van der Waals surface area contributed by atoms with Crippen molar-refractivity contribution in [2.24, 2.45) is 0 Å². The van der Waals surface area contributed by atoms with Crippen molar-refractivity contribution < 1.29 is 13.9 Å². The average molecular weight is 370 g/mol. The lowest BCUT2D eigenvalue weighted by Crippen LogP contribution is -2.35. The van der Waals surface area contributed by atoms with Crippen molar-refractivity contribution in [2.75, 3.05) is 0 Å². The molecule has 1 amide bonds. The van der Waals surface area contributed by atoms with E-state index in [2.05, 4.69) is 15.3 Å². The van der Waals surface area contributed by atoms with Gasteiger partial charge < -0.3 is 10.1 Å². The van der Waals surface area contributed by atoms with Crippen molar-refractivity contribution >= 4 is 5.91 Å². The van der Waals surface area contributed by atoms with E-state index in [1.54, 1.807) is 12.1 Å². The smallest absolute Gasteiger partial charge is 0.328 e. The summed E-state index contributed by atoms with van der Waals surface area (Å²) >= 11 is 0. The standard InChI is InChI=1S/C18H15FN4O4/c19-13-1-3-14(4-2-13)27-17-9-12(5-7-20-17)10-21-16(25)11-23-8-6-15(24)22-18(23)26/h1-9H,10-11H2,(H,21,25)(H,22,24,26). The number of hydrogen-bond donors (Lipinski definition) is 2. The fraction of sp³-hybridized carbons (Fsp3) is 0.111. The molecular weight excluding hydrogens is 355 g/mol. The van der Waals surface area contributed by atoms with Crippen molar-refractivity contribution in [3.05, 3.63) is 87.1 Å². The Morgan fingerprint density at radius 3 is 2.70 bits per heavy atom. The number of pyridine rings is 1. The molecule has 3 rings (SSSR count). The van der Waals surface area contributed by atoms with Gasteiger partial charge in [-0.3, -0.25) is 19.1 Å². The monoisotopic (exact) mass is 370 g/mol. The van der Waals surface area contributed by atoms with Gasteiger partial charge in [-0.25, -0.2) is 14.2 Å². The molecule has 0 saturated carbocycles. The van der Waals surface area contributed by atoms with Crippen molar-refractivity contribution in [1.82, 2.24) is 19.9 Å². The topological polar surface area (TPSA) is 106 Å². The van der Waals surface area contributed by atoms with Crippen molar-refractivity contribution in [3.63, 3.8) is 0 Å². The number of carbonyl (C=O) groups is 1. The minimum absolute atomic E-state index is 0.194. The fourth-order valence-corrected chi connectivity index (χ4v) is 2.22. The number of benzene rings is 1. The van der Waals surface area contributed by atoms with Gasteiger partial charge in [0.15, 0.2) is 0 Å². The van der Waals surface area contributed by atoms with E-state index >= 15 is 0 Å². The molecule has 2 N–H and O–H groups in total. The van der Waals surface area contributed by atoms with E-state index in [-0.39, 0.29) is 18.9 Å². The Bertz CT molecular complexity index is 1060. The second kappa shape index (κ2) is 8.09. The molecular formula is C18H15FN4O4. The van der Waals surface area contributed by atoms with E-state index in [0.29, 0.717) is 11.6 Å². The number of carbonyl (C=O) groups excluding carboxylic acids is 1. The van der Waals surface area contributed by atoms with Crippen LogP contribution in [0, 0.1) is 5.82 Å². The molecule has 0 aliphatic carbocycles. The normalized spacial score (nSPS) is 10.4. The van der Waals surface area contributed by atoms with Crippen molar-refractivity contribution in [2.45, 2.75) is 13.1 Å². The number of ether oxygens (including phenoxy) is 1. The Morgan fingerprint density at radius 1 is 1.19 bits per heavy atom. The van der Waals surface area contributed by atoms with Crippen LogP contribution in [-0.4, -0.2) is 20.4 Å². The molecule has 0 aliphatic rings. The maximum atomic E-state index is 12.9. The summed E-state index contributed by atoms with van der Waals surface area (Å²) in [7, 11) is 0. The lowest BCUT2D eigenvalue weighted by atomic mass is 10.2.